The number of rotatable bonds is 4. The van der Waals surface area contributed by atoms with E-state index in [1.54, 1.807) is 0 Å². The monoisotopic (exact) mass is 438 g/mol. The minimum Gasteiger partial charge on any atom is -0.326 e. The molecule has 3 rings (SSSR count). The highest BCUT2D eigenvalue weighted by Crippen LogP contribution is 2.41. The number of nitrogens with two attached hydrogens (primary N) is 1. The number of pyridine rings is 1. The maximum absolute atomic E-state index is 14.0. The Morgan fingerprint density at radius 3 is 2.62 bits per heavy atom. The van der Waals surface area contributed by atoms with E-state index in [2.05, 4.69) is 10.3 Å². The van der Waals surface area contributed by atoms with Crippen LogP contribution in [0.4, 0.5) is 23.2 Å². The highest BCUT2D eigenvalue weighted by molar-refractivity contribution is 7.89. The van der Waals surface area contributed by atoms with E-state index in [4.69, 9.17) is 5.14 Å². The van der Waals surface area contributed by atoms with Gasteiger partial charge in [-0.1, -0.05) is 0 Å². The van der Waals surface area contributed by atoms with Gasteiger partial charge in [0.2, 0.25) is 11.8 Å². The van der Waals surface area contributed by atoms with E-state index in [9.17, 15) is 30.8 Å². The highest BCUT2D eigenvalue weighted by Gasteiger charge is 2.49. The third-order valence-electron chi connectivity index (χ3n) is 5.31. The van der Waals surface area contributed by atoms with Crippen LogP contribution in [-0.4, -0.2) is 55.2 Å². The minimum absolute atomic E-state index is 0.0191. The summed E-state index contributed by atoms with van der Waals surface area (Å²) >= 11 is 0. The van der Waals surface area contributed by atoms with E-state index in [1.807, 2.05) is 0 Å². The molecule has 3 N–H and O–H groups in total. The van der Waals surface area contributed by atoms with Crippen molar-refractivity contribution in [2.24, 2.45) is 11.1 Å². The minimum atomic E-state index is -4.12. The van der Waals surface area contributed by atoms with E-state index in [0.29, 0.717) is 6.54 Å². The number of hydrogen-bond acceptors (Lipinski definition) is 5. The zero-order valence-corrected chi connectivity index (χ0v) is 16.3. The molecule has 1 amide bonds. The molecule has 1 aromatic heterocycles. The van der Waals surface area contributed by atoms with Crippen LogP contribution < -0.4 is 10.5 Å². The summed E-state index contributed by atoms with van der Waals surface area (Å²) in [6, 6.07) is 1.55. The van der Waals surface area contributed by atoms with Crippen LogP contribution in [0.5, 0.6) is 0 Å². The van der Waals surface area contributed by atoms with Crippen molar-refractivity contribution >= 4 is 21.6 Å². The number of sulfonamides is 1. The van der Waals surface area contributed by atoms with Gasteiger partial charge in [-0.3, -0.25) is 9.69 Å². The lowest BCUT2D eigenvalue weighted by Gasteiger charge is -2.44. The van der Waals surface area contributed by atoms with Crippen LogP contribution in [0.2, 0.25) is 0 Å². The van der Waals surface area contributed by atoms with E-state index in [0.717, 1.165) is 12.3 Å². The molecule has 12 heteroatoms. The number of piperidine rings is 1. The largest absolute Gasteiger partial charge is 0.326 e. The summed E-state index contributed by atoms with van der Waals surface area (Å²) in [5.41, 5.74) is 0.0191. The van der Waals surface area contributed by atoms with Crippen molar-refractivity contribution in [1.29, 1.82) is 0 Å². The van der Waals surface area contributed by atoms with Gasteiger partial charge in [0.1, 0.15) is 0 Å². The normalized spacial score (nSPS) is 27.3. The first-order chi connectivity index (χ1) is 13.4. The molecule has 0 radical (unpaired) electrons. The van der Waals surface area contributed by atoms with Gasteiger partial charge >= 0.3 is 0 Å². The summed E-state index contributed by atoms with van der Waals surface area (Å²) < 4.78 is 78.5. The van der Waals surface area contributed by atoms with Crippen LogP contribution in [-0.2, 0) is 14.8 Å². The van der Waals surface area contributed by atoms with Gasteiger partial charge in [-0.25, -0.2) is 36.1 Å². The predicted molar refractivity (Wildman–Crippen MR) is 96.1 cm³/mol. The Kier molecular flexibility index (Phi) is 5.89. The first-order valence-corrected chi connectivity index (χ1v) is 10.7. The zero-order valence-electron chi connectivity index (χ0n) is 15.5. The summed E-state index contributed by atoms with van der Waals surface area (Å²) in [6.07, 6.45) is -0.270. The summed E-state index contributed by atoms with van der Waals surface area (Å²) in [5, 5.41) is 6.92. The second-order valence-corrected chi connectivity index (χ2v) is 9.13. The SMILES string of the molecule is NS(=O)(=O)c1cc(NC(=O)C2CC(F)(F)CC[C@H]2N2CCCC(F)(F)C2)ccn1. The molecule has 0 spiro atoms. The maximum atomic E-state index is 14.0. The summed E-state index contributed by atoms with van der Waals surface area (Å²) in [7, 11) is -4.12. The van der Waals surface area contributed by atoms with Crippen molar-refractivity contribution in [1.82, 2.24) is 9.88 Å². The fraction of sp³-hybridized carbons (Fsp3) is 0.647. The Balaban J connectivity index is 1.81. The molecule has 1 aromatic rings. The lowest BCUT2D eigenvalue weighted by atomic mass is 9.80. The predicted octanol–water partition coefficient (Wildman–Crippen LogP) is 2.20. The number of hydrogen-bond donors (Lipinski definition) is 2. The first kappa shape index (κ1) is 21.9. The number of aromatic nitrogens is 1. The van der Waals surface area contributed by atoms with Gasteiger partial charge in [-0.2, -0.15) is 0 Å². The zero-order chi connectivity index (χ0) is 21.4. The Morgan fingerprint density at radius 1 is 1.24 bits per heavy atom. The Hall–Kier alpha value is -1.79. The molecule has 2 fully saturated rings. The van der Waals surface area contributed by atoms with Gasteiger partial charge in [0, 0.05) is 43.3 Å². The standard InChI is InChI=1S/C17H22F4N4O3S/c18-16(19)5-2-13(25-7-1-4-17(20,21)10-25)12(9-16)15(26)24-11-3-6-23-14(8-11)29(22,27)28/h3,6,8,12-13H,1-2,4-5,7,9-10H2,(H2,22,27,28)(H,23,24,26)/t12?,13-/m1/s1. The fourth-order valence-corrected chi connectivity index (χ4v) is 4.48. The third kappa shape index (κ3) is 5.43. The van der Waals surface area contributed by atoms with E-state index in [-0.39, 0.29) is 24.9 Å². The number of anilines is 1. The van der Waals surface area contributed by atoms with E-state index in [1.165, 1.54) is 11.0 Å². The molecule has 1 aliphatic heterocycles. The summed E-state index contributed by atoms with van der Waals surface area (Å²) in [4.78, 5) is 17.8. The van der Waals surface area contributed by atoms with Gasteiger partial charge in [-0.05, 0) is 25.5 Å². The molecule has 0 bridgehead atoms. The molecule has 2 aliphatic rings. The van der Waals surface area contributed by atoms with Crippen LogP contribution in [0.15, 0.2) is 23.4 Å². The Bertz CT molecular complexity index is 881. The number of amides is 1. The Labute approximate surface area is 165 Å². The topological polar surface area (TPSA) is 105 Å². The quantitative estimate of drug-likeness (QED) is 0.702. The number of carbonyl (C=O) groups excluding carboxylic acids is 1. The lowest BCUT2D eigenvalue weighted by molar-refractivity contribution is -0.140. The molecule has 7 nitrogen and oxygen atoms in total. The average Bonchev–Trinajstić information content (AvgIpc) is 2.59. The number of nitrogens with zero attached hydrogens (tertiary/aromatic N) is 2. The van der Waals surface area contributed by atoms with Crippen LogP contribution >= 0.6 is 0 Å². The van der Waals surface area contributed by atoms with Crippen LogP contribution in [0.1, 0.15) is 32.1 Å². The van der Waals surface area contributed by atoms with Crippen molar-refractivity contribution in [3.63, 3.8) is 0 Å². The van der Waals surface area contributed by atoms with Gasteiger partial charge in [0.05, 0.1) is 12.5 Å². The van der Waals surface area contributed by atoms with Crippen molar-refractivity contribution in [3.8, 4) is 0 Å². The molecule has 1 aliphatic carbocycles. The molecule has 2 heterocycles. The molecule has 1 saturated carbocycles. The van der Waals surface area contributed by atoms with Crippen LogP contribution in [0.3, 0.4) is 0 Å². The van der Waals surface area contributed by atoms with E-state index >= 15 is 0 Å². The molecule has 162 valence electrons. The first-order valence-electron chi connectivity index (χ1n) is 9.16. The van der Waals surface area contributed by atoms with Crippen molar-refractivity contribution < 1.29 is 30.8 Å². The third-order valence-corrected chi connectivity index (χ3v) is 6.12. The number of alkyl halides is 4. The molecule has 29 heavy (non-hydrogen) atoms. The molecular weight excluding hydrogens is 416 g/mol. The average molecular weight is 438 g/mol. The second kappa shape index (κ2) is 7.80. The molecule has 1 saturated heterocycles. The van der Waals surface area contributed by atoms with Gasteiger partial charge in [-0.15, -0.1) is 0 Å². The summed E-state index contributed by atoms with van der Waals surface area (Å²) in [6.45, 7) is -0.266. The number of halogens is 4. The van der Waals surface area contributed by atoms with Crippen molar-refractivity contribution in [2.45, 2.75) is 55.0 Å². The second-order valence-electron chi connectivity index (χ2n) is 7.62. The maximum Gasteiger partial charge on any atom is 0.260 e. The van der Waals surface area contributed by atoms with Crippen molar-refractivity contribution in [3.05, 3.63) is 18.3 Å². The molecule has 1 unspecified atom stereocenters. The lowest BCUT2D eigenvalue weighted by Crippen LogP contribution is -2.55. The molecule has 0 aromatic carbocycles. The highest BCUT2D eigenvalue weighted by atomic mass is 32.2. The molecular formula is C17H22F4N4O3S. The van der Waals surface area contributed by atoms with Gasteiger partial charge in [0.15, 0.2) is 5.03 Å². The van der Waals surface area contributed by atoms with Crippen molar-refractivity contribution in [2.75, 3.05) is 18.4 Å². The number of primary sulfonamides is 1. The van der Waals surface area contributed by atoms with Crippen LogP contribution in [0, 0.1) is 5.92 Å². The van der Waals surface area contributed by atoms with E-state index < -0.39 is 64.1 Å². The smallest absolute Gasteiger partial charge is 0.260 e. The van der Waals surface area contributed by atoms with Gasteiger partial charge < -0.3 is 5.32 Å². The number of carbonyl (C=O) groups is 1. The fourth-order valence-electron chi connectivity index (χ4n) is 3.98. The van der Waals surface area contributed by atoms with Gasteiger partial charge in [0.25, 0.3) is 15.9 Å². The summed E-state index contributed by atoms with van der Waals surface area (Å²) in [5.74, 6) is -8.01. The Morgan fingerprint density at radius 2 is 1.97 bits per heavy atom. The molecule has 2 atom stereocenters. The number of nitrogens with one attached hydrogen (secondary N) is 1. The number of likely N-dealkylation sites (tertiary alicyclic amines) is 1. The van der Waals surface area contributed by atoms with Crippen LogP contribution in [0.25, 0.3) is 0 Å².